The maximum Gasteiger partial charge on any atom is 0.261 e. The molecule has 0 saturated carbocycles. The van der Waals surface area contributed by atoms with Gasteiger partial charge in [-0.15, -0.1) is 11.3 Å². The van der Waals surface area contributed by atoms with Gasteiger partial charge >= 0.3 is 0 Å². The lowest BCUT2D eigenvalue weighted by atomic mass is 9.97. The Morgan fingerprint density at radius 1 is 0.614 bits per heavy atom. The Kier molecular flexibility index (Phi) is 13.3. The van der Waals surface area contributed by atoms with Crippen LogP contribution in [-0.2, 0) is 43.2 Å². The average Bonchev–Trinajstić information content (AvgIpc) is 3.86. The number of carbonyl (C=O) groups excluding carboxylic acids is 5. The molecule has 2 saturated heterocycles. The molecule has 0 radical (unpaired) electrons. The highest BCUT2D eigenvalue weighted by molar-refractivity contribution is 7.17. The van der Waals surface area contributed by atoms with Gasteiger partial charge in [0, 0.05) is 53.5 Å². The molecule has 2 fully saturated rings. The van der Waals surface area contributed by atoms with Crippen molar-refractivity contribution in [3.05, 3.63) is 107 Å². The van der Waals surface area contributed by atoms with Crippen molar-refractivity contribution in [1.29, 1.82) is 0 Å². The van der Waals surface area contributed by atoms with Crippen LogP contribution in [0, 0.1) is 11.8 Å². The fourth-order valence-corrected chi connectivity index (χ4v) is 8.69. The molecule has 2 aliphatic heterocycles. The minimum atomic E-state index is -1.14. The molecule has 2 aromatic heterocycles. The minimum absolute atomic E-state index is 0.0995. The van der Waals surface area contributed by atoms with E-state index in [0.29, 0.717) is 38.9 Å². The number of aromatic nitrogens is 1. The van der Waals surface area contributed by atoms with Crippen molar-refractivity contribution in [2.24, 2.45) is 11.8 Å². The number of hydrazine groups is 1. The first kappa shape index (κ1) is 39.7. The summed E-state index contributed by atoms with van der Waals surface area (Å²) >= 11 is 1.57. The van der Waals surface area contributed by atoms with E-state index >= 15 is 0 Å². The summed E-state index contributed by atoms with van der Waals surface area (Å²) in [6.07, 6.45) is 5.15. The van der Waals surface area contributed by atoms with E-state index in [1.165, 1.54) is 0 Å². The monoisotopic (exact) mass is 790 g/mol. The zero-order valence-corrected chi connectivity index (χ0v) is 32.6. The van der Waals surface area contributed by atoms with E-state index in [2.05, 4.69) is 42.4 Å². The first-order valence-electron chi connectivity index (χ1n) is 19.8. The lowest BCUT2D eigenvalue weighted by Crippen LogP contribution is -2.59. The lowest BCUT2D eigenvalue weighted by Gasteiger charge is -2.28. The Hall–Kier alpha value is -5.57. The van der Waals surface area contributed by atoms with E-state index in [-0.39, 0.29) is 42.9 Å². The van der Waals surface area contributed by atoms with Gasteiger partial charge in [-0.05, 0) is 84.9 Å². The van der Waals surface area contributed by atoms with Crippen molar-refractivity contribution in [3.8, 4) is 0 Å². The summed E-state index contributed by atoms with van der Waals surface area (Å²) in [7, 11) is 0. The average molecular weight is 791 g/mol. The first-order valence-corrected chi connectivity index (χ1v) is 20.7. The molecule has 298 valence electrons. The zero-order valence-electron chi connectivity index (χ0n) is 31.8. The van der Waals surface area contributed by atoms with Crippen molar-refractivity contribution < 1.29 is 24.0 Å². The molecule has 13 nitrogen and oxygen atoms in total. The van der Waals surface area contributed by atoms with E-state index in [0.717, 1.165) is 50.6 Å². The summed E-state index contributed by atoms with van der Waals surface area (Å²) in [5, 5.41) is 19.3. The molecule has 7 rings (SSSR count). The second-order valence-corrected chi connectivity index (χ2v) is 15.9. The van der Waals surface area contributed by atoms with Crippen LogP contribution >= 0.6 is 11.3 Å². The molecule has 5 amide bonds. The number of rotatable bonds is 14. The van der Waals surface area contributed by atoms with Gasteiger partial charge in [-0.25, -0.2) is 0 Å². The number of hydrogen-bond acceptors (Lipinski definition) is 8. The smallest absolute Gasteiger partial charge is 0.261 e. The number of benzene rings is 3. The van der Waals surface area contributed by atoms with E-state index in [1.54, 1.807) is 11.3 Å². The Morgan fingerprint density at radius 3 is 2.04 bits per heavy atom. The highest BCUT2D eigenvalue weighted by Gasteiger charge is 2.33. The molecule has 0 aliphatic carbocycles. The van der Waals surface area contributed by atoms with Gasteiger partial charge in [0.05, 0.1) is 5.92 Å². The summed E-state index contributed by atoms with van der Waals surface area (Å²) in [5.74, 6) is -2.72. The third-order valence-corrected chi connectivity index (χ3v) is 12.0. The minimum Gasteiger partial charge on any atom is -0.361 e. The van der Waals surface area contributed by atoms with Gasteiger partial charge in [-0.3, -0.25) is 34.8 Å². The molecule has 4 heterocycles. The van der Waals surface area contributed by atoms with Crippen molar-refractivity contribution in [1.82, 2.24) is 42.4 Å². The number of piperidine rings is 2. The molecule has 0 spiro atoms. The maximum atomic E-state index is 14.5. The number of para-hydroxylation sites is 1. The number of carbonyl (C=O) groups is 5. The topological polar surface area (TPSA) is 185 Å². The van der Waals surface area contributed by atoms with Gasteiger partial charge in [-0.1, -0.05) is 66.7 Å². The van der Waals surface area contributed by atoms with Gasteiger partial charge in [0.15, 0.2) is 0 Å². The predicted molar refractivity (Wildman–Crippen MR) is 221 cm³/mol. The fraction of sp³-hybridized carbons (Fsp3) is 0.372. The molecule has 8 N–H and O–H groups in total. The summed E-state index contributed by atoms with van der Waals surface area (Å²) in [5.41, 5.74) is 8.50. The summed E-state index contributed by atoms with van der Waals surface area (Å²) in [6.45, 7) is 2.80. The summed E-state index contributed by atoms with van der Waals surface area (Å²) in [6, 6.07) is 21.7. The highest BCUT2D eigenvalue weighted by atomic mass is 32.1. The van der Waals surface area contributed by atoms with Crippen LogP contribution in [0.1, 0.15) is 42.4 Å². The van der Waals surface area contributed by atoms with Crippen molar-refractivity contribution in [2.75, 3.05) is 26.2 Å². The third kappa shape index (κ3) is 10.2. The Labute approximate surface area is 335 Å². The molecule has 4 atom stereocenters. The molecule has 3 aromatic carbocycles. The number of aromatic amines is 1. The molecule has 57 heavy (non-hydrogen) atoms. The number of amides is 5. The first-order chi connectivity index (χ1) is 27.8. The lowest BCUT2D eigenvalue weighted by molar-refractivity contribution is -0.135. The SMILES string of the molecule is O=C(NNC(=O)C(Cc1ccccc1)NC(=O)C(Cc1c[nH]c2ccccc12)NC(=O)C(Cc1csc2ccccc12)NC(=O)C1CCCNC1)C1CCNCC1. The van der Waals surface area contributed by atoms with Crippen molar-refractivity contribution in [2.45, 2.75) is 63.1 Å². The van der Waals surface area contributed by atoms with E-state index in [1.807, 2.05) is 90.4 Å². The van der Waals surface area contributed by atoms with Gasteiger partial charge in [-0.2, -0.15) is 0 Å². The van der Waals surface area contributed by atoms with Gasteiger partial charge in [0.25, 0.3) is 5.91 Å². The zero-order chi connectivity index (χ0) is 39.6. The molecule has 5 aromatic rings. The van der Waals surface area contributed by atoms with Crippen molar-refractivity contribution >= 4 is 61.9 Å². The predicted octanol–water partition coefficient (Wildman–Crippen LogP) is 3.01. The van der Waals surface area contributed by atoms with E-state index in [9.17, 15) is 24.0 Å². The van der Waals surface area contributed by atoms with Crippen LogP contribution in [-0.4, -0.2) is 78.8 Å². The second-order valence-electron chi connectivity index (χ2n) is 14.9. The maximum absolute atomic E-state index is 14.5. The van der Waals surface area contributed by atoms with Crippen LogP contribution in [0.2, 0.25) is 0 Å². The molecular formula is C43H50N8O5S. The van der Waals surface area contributed by atoms with Crippen LogP contribution in [0.4, 0.5) is 0 Å². The molecule has 2 aliphatic rings. The van der Waals surface area contributed by atoms with Crippen molar-refractivity contribution in [3.63, 3.8) is 0 Å². The normalized spacial score (nSPS) is 17.6. The van der Waals surface area contributed by atoms with Crippen LogP contribution in [0.3, 0.4) is 0 Å². The van der Waals surface area contributed by atoms with Gasteiger partial charge < -0.3 is 31.6 Å². The Balaban J connectivity index is 1.14. The number of hydrogen-bond donors (Lipinski definition) is 8. The molecule has 14 heteroatoms. The number of fused-ring (bicyclic) bond motifs is 2. The highest BCUT2D eigenvalue weighted by Crippen LogP contribution is 2.27. The van der Waals surface area contributed by atoms with Gasteiger partial charge in [0.1, 0.15) is 18.1 Å². The van der Waals surface area contributed by atoms with Gasteiger partial charge in [0.2, 0.25) is 23.6 Å². The van der Waals surface area contributed by atoms with Crippen LogP contribution < -0.4 is 37.4 Å². The number of nitrogens with one attached hydrogen (secondary N) is 8. The molecular weight excluding hydrogens is 741 g/mol. The van der Waals surface area contributed by atoms with E-state index < -0.39 is 35.8 Å². The van der Waals surface area contributed by atoms with Crippen LogP contribution in [0.25, 0.3) is 21.0 Å². The van der Waals surface area contributed by atoms with Crippen LogP contribution in [0.5, 0.6) is 0 Å². The summed E-state index contributed by atoms with van der Waals surface area (Å²) < 4.78 is 1.07. The second kappa shape index (κ2) is 19.0. The quantitative estimate of drug-likeness (QED) is 0.0796. The summed E-state index contributed by atoms with van der Waals surface area (Å²) in [4.78, 5) is 72.6. The van der Waals surface area contributed by atoms with Crippen LogP contribution in [0.15, 0.2) is 90.4 Å². The fourth-order valence-electron chi connectivity index (χ4n) is 7.72. The largest absolute Gasteiger partial charge is 0.361 e. The molecule has 4 unspecified atom stereocenters. The standard InChI is InChI=1S/C43H50N8O5S/c52-39(29-11-8-18-45-24-29)47-37(23-31-26-57-38-15-7-5-13-33(31)38)42(55)49-36(22-30-25-46-34-14-6-4-12-32(30)34)41(54)48-35(21-27-9-2-1-3-10-27)43(56)51-50-40(53)28-16-19-44-20-17-28/h1-7,9-10,12-15,25-26,28-29,35-37,44-46H,8,11,16-24H2,(H,47,52)(H,48,54)(H,49,55)(H,50,53)(H,51,56). The third-order valence-electron chi connectivity index (χ3n) is 11.0. The number of H-pyrrole nitrogens is 1. The van der Waals surface area contributed by atoms with E-state index in [4.69, 9.17) is 0 Å². The Bertz CT molecular complexity index is 2180. The number of thiophene rings is 1. The molecule has 0 bridgehead atoms. The Morgan fingerprint density at radius 2 is 1.28 bits per heavy atom.